The van der Waals surface area contributed by atoms with E-state index in [1.54, 1.807) is 0 Å². The Bertz CT molecular complexity index is 2030. The van der Waals surface area contributed by atoms with Crippen LogP contribution in [0.2, 0.25) is 0 Å². The molecule has 13 N–H and O–H groups in total. The van der Waals surface area contributed by atoms with Crippen molar-refractivity contribution in [3.8, 4) is 0 Å². The molecule has 7 unspecified atom stereocenters. The van der Waals surface area contributed by atoms with Gasteiger partial charge in [-0.3, -0.25) is 32.5 Å². The van der Waals surface area contributed by atoms with Gasteiger partial charge in [-0.1, -0.05) is 89.6 Å². The van der Waals surface area contributed by atoms with Gasteiger partial charge in [-0.15, -0.1) is 0 Å². The van der Waals surface area contributed by atoms with Gasteiger partial charge in [0.2, 0.25) is 11.8 Å². The number of nitrogens with one attached hydrogen (secondary N) is 2. The Balaban J connectivity index is 0.0000154. The molecule has 7 atom stereocenters. The molecule has 29 heteroatoms. The number of nitrogen functional groups attached to an aromatic ring is 1. The highest BCUT2D eigenvalue weighted by atomic mass is 32.2. The third kappa shape index (κ3) is 22.3. The van der Waals surface area contributed by atoms with Crippen LogP contribution >= 0.6 is 35.2 Å². The number of thioether (sulfide) groups is 1. The van der Waals surface area contributed by atoms with Crippen LogP contribution < -0.4 is 22.5 Å². The highest BCUT2D eigenvalue weighted by Crippen LogP contribution is 2.61. The van der Waals surface area contributed by atoms with Crippen molar-refractivity contribution in [1.82, 2.24) is 36.3 Å². The van der Waals surface area contributed by atoms with E-state index >= 15 is 0 Å². The number of ether oxygens (including phenoxy) is 1. The van der Waals surface area contributed by atoms with Crippen molar-refractivity contribution in [2.75, 3.05) is 37.8 Å². The number of aromatic nitrogens is 4. The number of carbonyl (C=O) groups excluding carboxylic acids is 3. The molecule has 384 valence electrons. The lowest BCUT2D eigenvalue weighted by Crippen LogP contribution is -2.46. The lowest BCUT2D eigenvalue weighted by atomic mass is 9.87. The number of aliphatic hydroxyl groups is 2. The highest BCUT2D eigenvalue weighted by molar-refractivity contribution is 8.13. The van der Waals surface area contributed by atoms with Gasteiger partial charge in [0.25, 0.3) is 0 Å². The van der Waals surface area contributed by atoms with Crippen LogP contribution in [0.25, 0.3) is 11.2 Å². The normalized spacial score (nSPS) is 20.0. The maximum atomic E-state index is 12.7. The largest absolute Gasteiger partial charge is 0.481 e. The molecular formula is C38H69N8O17P3S. The SMILES string of the molecule is CCCCCC/C=C/CCCCCCCCC(=O)SCCNC(=O)CCNC(=O)C(O)C(C)(C)COP(=O)(O)OP(=O)(O)OCC1OC(n2cnc3c(N)ncnc32)C(O)C1OP(=O)(O)O.N. The minimum atomic E-state index is -5.57. The Labute approximate surface area is 394 Å². The average Bonchev–Trinajstić information content (AvgIpc) is 3.80. The number of rotatable bonds is 33. The molecule has 67 heavy (non-hydrogen) atoms. The van der Waals surface area contributed by atoms with Crippen molar-refractivity contribution in [2.24, 2.45) is 5.41 Å². The summed E-state index contributed by atoms with van der Waals surface area (Å²) in [6.45, 7) is 2.78. The van der Waals surface area contributed by atoms with Crippen LogP contribution in [-0.2, 0) is 50.7 Å². The standard InChI is InChI=1S/C38H66N7O17P3S.H3N/c1-4-5-6-7-8-9-10-11-12-13-14-15-16-17-18-29(47)66-22-21-40-28(46)19-20-41-36(50)33(49)38(2,3)24-59-65(56,57)62-64(54,55)58-23-27-32(61-63(51,52)53)31(48)37(60-27)45-26-44-30-34(39)42-25-43-35(30)45;/h9-10,25-27,31-33,37,48-49H,4-8,11-24H2,1-3H3,(H,40,46)(H,41,50)(H,54,55)(H,56,57)(H2,39,42,43)(H2,51,52,53);1H3/b10-9+;. The van der Waals surface area contributed by atoms with E-state index in [0.717, 1.165) is 61.1 Å². The van der Waals surface area contributed by atoms with Gasteiger partial charge in [-0.25, -0.2) is 28.6 Å². The molecule has 3 rings (SSSR count). The number of anilines is 1. The van der Waals surface area contributed by atoms with Crippen LogP contribution in [0.3, 0.4) is 0 Å². The summed E-state index contributed by atoms with van der Waals surface area (Å²) < 4.78 is 62.4. The number of phosphoric ester groups is 3. The van der Waals surface area contributed by atoms with E-state index in [2.05, 4.69) is 53.5 Å². The Hall–Kier alpha value is -2.74. The van der Waals surface area contributed by atoms with Gasteiger partial charge < -0.3 is 57.0 Å². The second-order valence-corrected chi connectivity index (χ2v) is 21.7. The van der Waals surface area contributed by atoms with Gasteiger partial charge in [0.05, 0.1) is 19.5 Å². The molecule has 0 spiro atoms. The minimum absolute atomic E-state index is 0. The maximum Gasteiger partial charge on any atom is 0.481 e. The summed E-state index contributed by atoms with van der Waals surface area (Å²) >= 11 is 1.15. The van der Waals surface area contributed by atoms with Crippen molar-refractivity contribution in [2.45, 2.75) is 141 Å². The van der Waals surface area contributed by atoms with Gasteiger partial charge in [0, 0.05) is 37.1 Å². The Morgan fingerprint density at radius 3 is 2.19 bits per heavy atom. The van der Waals surface area contributed by atoms with Crippen LogP contribution in [0.5, 0.6) is 0 Å². The first-order valence-electron chi connectivity index (χ1n) is 21.8. The van der Waals surface area contributed by atoms with E-state index in [0.29, 0.717) is 12.2 Å². The summed E-state index contributed by atoms with van der Waals surface area (Å²) in [7, 11) is -16.4. The number of hydrogen-bond acceptors (Lipinski definition) is 19. The molecule has 0 bridgehead atoms. The maximum absolute atomic E-state index is 12.7. The molecule has 2 amide bonds. The Morgan fingerprint density at radius 2 is 1.54 bits per heavy atom. The number of fused-ring (bicyclic) bond motifs is 1. The third-order valence-electron chi connectivity index (χ3n) is 10.2. The number of imidazole rings is 1. The van der Waals surface area contributed by atoms with Crippen LogP contribution in [-0.4, -0.2) is 123 Å². The lowest BCUT2D eigenvalue weighted by molar-refractivity contribution is -0.137. The number of allylic oxidation sites excluding steroid dienone is 2. The first-order chi connectivity index (χ1) is 31.1. The van der Waals surface area contributed by atoms with Crippen molar-refractivity contribution < 1.29 is 80.5 Å². The second kappa shape index (κ2) is 29.4. The zero-order valence-corrected chi connectivity index (χ0v) is 41.6. The zero-order chi connectivity index (χ0) is 49.0. The summed E-state index contributed by atoms with van der Waals surface area (Å²) in [4.78, 5) is 88.3. The molecule has 25 nitrogen and oxygen atoms in total. The predicted molar refractivity (Wildman–Crippen MR) is 247 cm³/mol. The van der Waals surface area contributed by atoms with Gasteiger partial charge in [0.1, 0.15) is 36.3 Å². The molecule has 2 aromatic rings. The van der Waals surface area contributed by atoms with Gasteiger partial charge >= 0.3 is 23.5 Å². The lowest BCUT2D eigenvalue weighted by Gasteiger charge is -2.30. The first kappa shape index (κ1) is 60.4. The van der Waals surface area contributed by atoms with E-state index in [9.17, 15) is 57.9 Å². The smallest absolute Gasteiger partial charge is 0.386 e. The molecule has 1 aliphatic heterocycles. The van der Waals surface area contributed by atoms with Crippen molar-refractivity contribution >= 4 is 69.1 Å². The topological polar surface area (TPSA) is 399 Å². The fourth-order valence-corrected chi connectivity index (χ4v) is 10.1. The molecule has 1 saturated heterocycles. The van der Waals surface area contributed by atoms with Gasteiger partial charge in [-0.05, 0) is 32.1 Å². The van der Waals surface area contributed by atoms with Crippen LogP contribution in [0, 0.1) is 5.41 Å². The molecule has 3 heterocycles. The number of hydrogen-bond donors (Lipinski definition) is 10. The summed E-state index contributed by atoms with van der Waals surface area (Å²) in [5.74, 6) is -1.03. The third-order valence-corrected chi connectivity index (χ3v) is 14.2. The van der Waals surface area contributed by atoms with E-state index in [1.807, 2.05) is 0 Å². The number of unbranched alkanes of at least 4 members (excludes halogenated alkanes) is 10. The highest BCUT2D eigenvalue weighted by Gasteiger charge is 2.50. The fourth-order valence-electron chi connectivity index (χ4n) is 6.53. The monoisotopic (exact) mass is 1030 g/mol. The Kier molecular flexibility index (Phi) is 26.5. The molecule has 0 radical (unpaired) electrons. The fraction of sp³-hybridized carbons (Fsp3) is 0.737. The number of nitrogens with two attached hydrogens (primary N) is 1. The first-order valence-corrected chi connectivity index (χ1v) is 27.3. The van der Waals surface area contributed by atoms with Crippen molar-refractivity contribution in [3.05, 3.63) is 24.8 Å². The molecule has 0 aromatic carbocycles. The molecular weight excluding hydrogens is 965 g/mol. The zero-order valence-electron chi connectivity index (χ0n) is 38.1. The van der Waals surface area contributed by atoms with Crippen LogP contribution in [0.1, 0.15) is 117 Å². The predicted octanol–water partition coefficient (Wildman–Crippen LogP) is 4.47. The Morgan fingerprint density at radius 1 is 0.910 bits per heavy atom. The molecule has 1 aliphatic rings. The summed E-state index contributed by atoms with van der Waals surface area (Å²) in [5, 5.41) is 26.6. The number of amides is 2. The number of phosphoric acid groups is 3. The van der Waals surface area contributed by atoms with E-state index in [4.69, 9.17) is 19.5 Å². The summed E-state index contributed by atoms with van der Waals surface area (Å²) in [6, 6.07) is 0. The van der Waals surface area contributed by atoms with E-state index in [1.165, 1.54) is 58.8 Å². The minimum Gasteiger partial charge on any atom is -0.386 e. The van der Waals surface area contributed by atoms with Crippen LogP contribution in [0.15, 0.2) is 24.8 Å². The quantitative estimate of drug-likeness (QED) is 0.0268. The van der Waals surface area contributed by atoms with Crippen molar-refractivity contribution in [3.63, 3.8) is 0 Å². The molecule has 2 aromatic heterocycles. The number of nitrogens with zero attached hydrogens (tertiary/aromatic N) is 4. The van der Waals surface area contributed by atoms with Crippen molar-refractivity contribution in [1.29, 1.82) is 0 Å². The number of carbonyl (C=O) groups is 3. The van der Waals surface area contributed by atoms with Gasteiger partial charge in [0.15, 0.2) is 22.8 Å². The van der Waals surface area contributed by atoms with Gasteiger partial charge in [-0.2, -0.15) is 4.31 Å². The van der Waals surface area contributed by atoms with Crippen LogP contribution in [0.4, 0.5) is 5.82 Å². The molecule has 0 aliphatic carbocycles. The second-order valence-electron chi connectivity index (χ2n) is 16.3. The molecule has 0 saturated carbocycles. The van der Waals surface area contributed by atoms with E-state index < -0.39 is 84.6 Å². The summed E-state index contributed by atoms with van der Waals surface area (Å²) in [5.41, 5.74) is 4.28. The summed E-state index contributed by atoms with van der Waals surface area (Å²) in [6.07, 6.45) is 12.0. The van der Waals surface area contributed by atoms with E-state index in [-0.39, 0.29) is 47.8 Å². The molecule has 1 fully saturated rings. The number of aliphatic hydroxyl groups excluding tert-OH is 2. The average molecular weight is 1030 g/mol.